The second kappa shape index (κ2) is 6.41. The maximum absolute atomic E-state index is 6.38. The van der Waals surface area contributed by atoms with Crippen LogP contribution < -0.4 is 5.73 Å². The number of nitrogens with zero attached hydrogens (tertiary/aromatic N) is 3. The highest BCUT2D eigenvalue weighted by Crippen LogP contribution is 2.25. The van der Waals surface area contributed by atoms with Crippen LogP contribution in [0.2, 0.25) is 0 Å². The Morgan fingerprint density at radius 1 is 1.33 bits per heavy atom. The normalized spacial score (nSPS) is 16.3. The van der Waals surface area contributed by atoms with Crippen molar-refractivity contribution in [2.75, 3.05) is 13.6 Å². The Hall–Kier alpha value is -1.65. The molecule has 0 saturated heterocycles. The van der Waals surface area contributed by atoms with Crippen LogP contribution in [0.15, 0.2) is 42.9 Å². The van der Waals surface area contributed by atoms with Gasteiger partial charge in [0.2, 0.25) is 0 Å². The van der Waals surface area contributed by atoms with Gasteiger partial charge in [-0.3, -0.25) is 0 Å². The molecule has 1 fully saturated rings. The van der Waals surface area contributed by atoms with Crippen molar-refractivity contribution in [3.05, 3.63) is 54.1 Å². The van der Waals surface area contributed by atoms with Gasteiger partial charge >= 0.3 is 0 Å². The number of nitrogens with two attached hydrogens (primary N) is 1. The minimum atomic E-state index is 0.00105. The van der Waals surface area contributed by atoms with Gasteiger partial charge in [-0.1, -0.05) is 30.3 Å². The predicted octanol–water partition coefficient (Wildman–Crippen LogP) is 2.22. The van der Waals surface area contributed by atoms with Crippen LogP contribution in [-0.4, -0.2) is 34.1 Å². The van der Waals surface area contributed by atoms with E-state index >= 15 is 0 Å². The lowest BCUT2D eigenvalue weighted by Crippen LogP contribution is -2.26. The summed E-state index contributed by atoms with van der Waals surface area (Å²) in [7, 11) is 2.21. The Morgan fingerprint density at radius 2 is 2.10 bits per heavy atom. The van der Waals surface area contributed by atoms with Crippen LogP contribution in [0.25, 0.3) is 0 Å². The summed E-state index contributed by atoms with van der Waals surface area (Å²) in [6.07, 6.45) is 7.36. The van der Waals surface area contributed by atoms with E-state index in [1.54, 1.807) is 0 Å². The van der Waals surface area contributed by atoms with Gasteiger partial charge in [-0.05, 0) is 31.9 Å². The van der Waals surface area contributed by atoms with E-state index in [0.717, 1.165) is 31.2 Å². The number of likely N-dealkylation sites (N-methyl/N-ethyl adjacent to an activating group) is 1. The fourth-order valence-electron chi connectivity index (χ4n) is 2.76. The van der Waals surface area contributed by atoms with Crippen LogP contribution in [-0.2, 0) is 13.0 Å². The first kappa shape index (κ1) is 14.3. The van der Waals surface area contributed by atoms with Crippen LogP contribution in [0.1, 0.15) is 30.1 Å². The molecular weight excluding hydrogens is 260 g/mol. The van der Waals surface area contributed by atoms with Crippen molar-refractivity contribution in [1.29, 1.82) is 0 Å². The third kappa shape index (κ3) is 3.71. The van der Waals surface area contributed by atoms with Gasteiger partial charge in [-0.2, -0.15) is 0 Å². The highest BCUT2D eigenvalue weighted by molar-refractivity contribution is 5.18. The predicted molar refractivity (Wildman–Crippen MR) is 85.0 cm³/mol. The van der Waals surface area contributed by atoms with Crippen molar-refractivity contribution < 1.29 is 0 Å². The molecule has 0 amide bonds. The van der Waals surface area contributed by atoms with E-state index < -0.39 is 0 Å². The summed E-state index contributed by atoms with van der Waals surface area (Å²) in [5, 5.41) is 0. The minimum Gasteiger partial charge on any atom is -0.332 e. The zero-order valence-corrected chi connectivity index (χ0v) is 12.7. The molecule has 1 aromatic carbocycles. The van der Waals surface area contributed by atoms with Crippen molar-refractivity contribution in [1.82, 2.24) is 14.5 Å². The molecule has 0 radical (unpaired) electrons. The second-order valence-electron chi connectivity index (χ2n) is 6.02. The Kier molecular flexibility index (Phi) is 4.36. The highest BCUT2D eigenvalue weighted by atomic mass is 15.2. The van der Waals surface area contributed by atoms with Crippen LogP contribution in [0.4, 0.5) is 0 Å². The Labute approximate surface area is 126 Å². The summed E-state index contributed by atoms with van der Waals surface area (Å²) < 4.78 is 2.20. The fourth-order valence-corrected chi connectivity index (χ4v) is 2.76. The van der Waals surface area contributed by atoms with Crippen LogP contribution in [0.5, 0.6) is 0 Å². The van der Waals surface area contributed by atoms with Crippen molar-refractivity contribution in [3.63, 3.8) is 0 Å². The number of hydrogen-bond donors (Lipinski definition) is 1. The average Bonchev–Trinajstić information content (AvgIpc) is 3.24. The molecule has 0 spiro atoms. The molecule has 1 aromatic heterocycles. The quantitative estimate of drug-likeness (QED) is 0.848. The molecule has 2 N–H and O–H groups in total. The Morgan fingerprint density at radius 3 is 2.81 bits per heavy atom. The van der Waals surface area contributed by atoms with Crippen LogP contribution >= 0.6 is 0 Å². The molecule has 2 aromatic rings. The third-order valence-corrected chi connectivity index (χ3v) is 4.29. The minimum absolute atomic E-state index is 0.00105. The maximum atomic E-state index is 6.38. The van der Waals surface area contributed by atoms with Gasteiger partial charge in [-0.15, -0.1) is 0 Å². The molecular formula is C17H24N4. The first-order valence-electron chi connectivity index (χ1n) is 7.74. The largest absolute Gasteiger partial charge is 0.332 e. The lowest BCUT2D eigenvalue weighted by atomic mass is 10.0. The molecule has 0 unspecified atom stereocenters. The molecule has 112 valence electrons. The van der Waals surface area contributed by atoms with Gasteiger partial charge in [-0.25, -0.2) is 4.98 Å². The fraction of sp³-hybridized carbons (Fsp3) is 0.471. The van der Waals surface area contributed by atoms with Crippen LogP contribution in [0.3, 0.4) is 0 Å². The average molecular weight is 284 g/mol. The molecule has 1 atom stereocenters. The molecule has 3 rings (SSSR count). The van der Waals surface area contributed by atoms with Crippen LogP contribution in [0, 0.1) is 0 Å². The van der Waals surface area contributed by atoms with Crippen molar-refractivity contribution in [2.45, 2.75) is 37.9 Å². The molecule has 21 heavy (non-hydrogen) atoms. The molecule has 0 bridgehead atoms. The van der Waals surface area contributed by atoms with Gasteiger partial charge < -0.3 is 15.2 Å². The number of imidazole rings is 1. The first-order valence-corrected chi connectivity index (χ1v) is 7.74. The molecule has 4 heteroatoms. The topological polar surface area (TPSA) is 47.1 Å². The van der Waals surface area contributed by atoms with E-state index in [9.17, 15) is 0 Å². The summed E-state index contributed by atoms with van der Waals surface area (Å²) >= 11 is 0. The van der Waals surface area contributed by atoms with Crippen molar-refractivity contribution in [2.24, 2.45) is 5.73 Å². The van der Waals surface area contributed by atoms with E-state index in [1.165, 1.54) is 18.4 Å². The van der Waals surface area contributed by atoms with Gasteiger partial charge in [0.25, 0.3) is 0 Å². The maximum Gasteiger partial charge on any atom is 0.0949 e. The Bertz CT molecular complexity index is 559. The second-order valence-corrected chi connectivity index (χ2v) is 6.02. The zero-order valence-electron chi connectivity index (χ0n) is 12.7. The number of aromatic nitrogens is 2. The van der Waals surface area contributed by atoms with Gasteiger partial charge in [0.05, 0.1) is 18.1 Å². The standard InChI is InChI=1S/C17H24N4/c1-20(15-7-8-15)9-10-21-13-19-12-17(21)16(18)11-14-5-3-2-4-6-14/h2-6,12-13,15-16H,7-11,18H2,1H3/t16-/m1/s1. The van der Waals surface area contributed by atoms with E-state index in [1.807, 2.05) is 18.6 Å². The summed E-state index contributed by atoms with van der Waals surface area (Å²) in [5.41, 5.74) is 8.78. The van der Waals surface area contributed by atoms with E-state index in [-0.39, 0.29) is 6.04 Å². The third-order valence-electron chi connectivity index (χ3n) is 4.29. The lowest BCUT2D eigenvalue weighted by Gasteiger charge is -2.19. The lowest BCUT2D eigenvalue weighted by molar-refractivity contribution is 0.306. The first-order chi connectivity index (χ1) is 10.2. The van der Waals surface area contributed by atoms with Gasteiger partial charge in [0.1, 0.15) is 0 Å². The SMILES string of the molecule is CN(CCn1cncc1[C@H](N)Cc1ccccc1)C1CC1. The molecule has 1 aliphatic rings. The molecule has 1 aliphatic carbocycles. The van der Waals surface area contributed by atoms with Crippen molar-refractivity contribution in [3.8, 4) is 0 Å². The van der Waals surface area contributed by atoms with E-state index in [4.69, 9.17) is 5.73 Å². The van der Waals surface area contributed by atoms with Gasteiger partial charge in [0.15, 0.2) is 0 Å². The number of hydrogen-bond acceptors (Lipinski definition) is 3. The molecule has 1 saturated carbocycles. The number of benzene rings is 1. The monoisotopic (exact) mass is 284 g/mol. The van der Waals surface area contributed by atoms with Crippen molar-refractivity contribution >= 4 is 0 Å². The number of rotatable bonds is 7. The highest BCUT2D eigenvalue weighted by Gasteiger charge is 2.25. The Balaban J connectivity index is 1.61. The summed E-state index contributed by atoms with van der Waals surface area (Å²) in [6, 6.07) is 11.2. The summed E-state index contributed by atoms with van der Waals surface area (Å²) in [6.45, 7) is 2.02. The molecule has 0 aliphatic heterocycles. The molecule has 1 heterocycles. The molecule has 4 nitrogen and oxygen atoms in total. The zero-order chi connectivity index (χ0) is 14.7. The van der Waals surface area contributed by atoms with E-state index in [0.29, 0.717) is 0 Å². The van der Waals surface area contributed by atoms with E-state index in [2.05, 4.69) is 45.8 Å². The summed E-state index contributed by atoms with van der Waals surface area (Å²) in [4.78, 5) is 6.72. The summed E-state index contributed by atoms with van der Waals surface area (Å²) in [5.74, 6) is 0. The van der Waals surface area contributed by atoms with Gasteiger partial charge in [0, 0.05) is 25.3 Å². The smallest absolute Gasteiger partial charge is 0.0949 e.